The van der Waals surface area contributed by atoms with Gasteiger partial charge < -0.3 is 0 Å². The van der Waals surface area contributed by atoms with E-state index in [1.807, 2.05) is 0 Å². The van der Waals surface area contributed by atoms with E-state index in [0.717, 1.165) is 11.8 Å². The van der Waals surface area contributed by atoms with Crippen molar-refractivity contribution in [2.75, 3.05) is 0 Å². The fourth-order valence-corrected chi connectivity index (χ4v) is 3.56. The molecule has 0 saturated heterocycles. The van der Waals surface area contributed by atoms with Crippen molar-refractivity contribution in [1.82, 2.24) is 4.98 Å². The molecule has 1 heterocycles. The molecule has 0 aromatic carbocycles. The Kier molecular flexibility index (Phi) is 6.56. The molecule has 0 radical (unpaired) electrons. The third-order valence-corrected chi connectivity index (χ3v) is 4.88. The number of hydrogen-bond acceptors (Lipinski definition) is 1. The number of pyridine rings is 1. The molecule has 1 aliphatic carbocycles. The second-order valence-corrected chi connectivity index (χ2v) is 6.55. The Morgan fingerprint density at radius 1 is 1.00 bits per heavy atom. The molecule has 2 rings (SSSR count). The van der Waals surface area contributed by atoms with Gasteiger partial charge in [-0.2, -0.15) is 0 Å². The topological polar surface area (TPSA) is 12.9 Å². The van der Waals surface area contributed by atoms with E-state index in [9.17, 15) is 0 Å². The maximum Gasteiger partial charge on any atom is 0.0434 e. The van der Waals surface area contributed by atoms with Gasteiger partial charge in [-0.15, -0.1) is 0 Å². The SMILES string of the molecule is CCCCCc1ccc(C2CCC(CCC)CC2)nc1. The van der Waals surface area contributed by atoms with Crippen LogP contribution in [0.3, 0.4) is 0 Å². The van der Waals surface area contributed by atoms with Crippen LogP contribution in [0.4, 0.5) is 0 Å². The minimum absolute atomic E-state index is 0.729. The molecule has 0 spiro atoms. The van der Waals surface area contributed by atoms with E-state index in [2.05, 4.69) is 32.2 Å². The van der Waals surface area contributed by atoms with E-state index in [4.69, 9.17) is 4.98 Å². The van der Waals surface area contributed by atoms with Crippen molar-refractivity contribution < 1.29 is 0 Å². The molecule has 1 heteroatoms. The van der Waals surface area contributed by atoms with Crippen molar-refractivity contribution in [3.05, 3.63) is 29.6 Å². The first-order valence-corrected chi connectivity index (χ1v) is 8.78. The van der Waals surface area contributed by atoms with Crippen LogP contribution in [0, 0.1) is 5.92 Å². The summed E-state index contributed by atoms with van der Waals surface area (Å²) in [5.41, 5.74) is 2.76. The van der Waals surface area contributed by atoms with E-state index in [-0.39, 0.29) is 0 Å². The zero-order chi connectivity index (χ0) is 14.2. The summed E-state index contributed by atoms with van der Waals surface area (Å²) in [6.45, 7) is 4.57. The van der Waals surface area contributed by atoms with Crippen LogP contribution in [0.25, 0.3) is 0 Å². The molecule has 1 aliphatic rings. The van der Waals surface area contributed by atoms with Gasteiger partial charge in [0.1, 0.15) is 0 Å². The summed E-state index contributed by atoms with van der Waals surface area (Å²) in [5.74, 6) is 1.72. The van der Waals surface area contributed by atoms with Gasteiger partial charge in [0.2, 0.25) is 0 Å². The number of nitrogens with zero attached hydrogens (tertiary/aromatic N) is 1. The molecule has 1 aromatic heterocycles. The highest BCUT2D eigenvalue weighted by atomic mass is 14.7. The van der Waals surface area contributed by atoms with Crippen LogP contribution in [-0.2, 0) is 6.42 Å². The van der Waals surface area contributed by atoms with E-state index in [0.29, 0.717) is 0 Å². The quantitative estimate of drug-likeness (QED) is 0.565. The predicted molar refractivity (Wildman–Crippen MR) is 87.1 cm³/mol. The Morgan fingerprint density at radius 2 is 1.80 bits per heavy atom. The average Bonchev–Trinajstić information content (AvgIpc) is 2.49. The normalized spacial score (nSPS) is 22.9. The number of rotatable bonds is 7. The standard InChI is InChI=1S/C19H31N/c1-3-5-6-8-17-11-14-19(20-15-17)18-12-9-16(7-4-2)10-13-18/h11,14-16,18H,3-10,12-13H2,1-2H3. The predicted octanol–water partition coefficient (Wildman–Crippen LogP) is 5.89. The Hall–Kier alpha value is -0.850. The summed E-state index contributed by atoms with van der Waals surface area (Å²) in [6, 6.07) is 4.61. The van der Waals surface area contributed by atoms with Gasteiger partial charge in [-0.1, -0.05) is 45.6 Å². The fraction of sp³-hybridized carbons (Fsp3) is 0.737. The van der Waals surface area contributed by atoms with E-state index in [1.54, 1.807) is 0 Å². The summed E-state index contributed by atoms with van der Waals surface area (Å²) >= 11 is 0. The summed E-state index contributed by atoms with van der Waals surface area (Å²) in [4.78, 5) is 4.75. The maximum absolute atomic E-state index is 4.75. The molecule has 0 bridgehead atoms. The zero-order valence-corrected chi connectivity index (χ0v) is 13.4. The number of hydrogen-bond donors (Lipinski definition) is 0. The van der Waals surface area contributed by atoms with Gasteiger partial charge in [-0.25, -0.2) is 0 Å². The average molecular weight is 273 g/mol. The monoisotopic (exact) mass is 273 g/mol. The molecule has 1 fully saturated rings. The molecule has 20 heavy (non-hydrogen) atoms. The van der Waals surface area contributed by atoms with E-state index < -0.39 is 0 Å². The van der Waals surface area contributed by atoms with E-state index >= 15 is 0 Å². The molecule has 1 saturated carbocycles. The van der Waals surface area contributed by atoms with Crippen molar-refractivity contribution in [3.63, 3.8) is 0 Å². The smallest absolute Gasteiger partial charge is 0.0434 e. The van der Waals surface area contributed by atoms with E-state index in [1.165, 1.54) is 75.5 Å². The highest BCUT2D eigenvalue weighted by Gasteiger charge is 2.22. The molecule has 0 N–H and O–H groups in total. The van der Waals surface area contributed by atoms with Crippen molar-refractivity contribution in [2.45, 2.75) is 84.0 Å². The summed E-state index contributed by atoms with van der Waals surface area (Å²) < 4.78 is 0. The maximum atomic E-state index is 4.75. The first-order valence-electron chi connectivity index (χ1n) is 8.78. The summed E-state index contributed by atoms with van der Waals surface area (Å²) in [5, 5.41) is 0. The minimum Gasteiger partial charge on any atom is -0.261 e. The molecule has 0 aliphatic heterocycles. The summed E-state index contributed by atoms with van der Waals surface area (Å²) in [7, 11) is 0. The Bertz CT molecular complexity index is 360. The van der Waals surface area contributed by atoms with Crippen molar-refractivity contribution in [1.29, 1.82) is 0 Å². The highest BCUT2D eigenvalue weighted by molar-refractivity contribution is 5.17. The number of aryl methyl sites for hydroxylation is 1. The van der Waals surface area contributed by atoms with Crippen LogP contribution in [-0.4, -0.2) is 4.98 Å². The molecule has 0 amide bonds. The lowest BCUT2D eigenvalue weighted by Crippen LogP contribution is -2.14. The molecule has 1 aromatic rings. The highest BCUT2D eigenvalue weighted by Crippen LogP contribution is 2.36. The first kappa shape index (κ1) is 15.5. The Balaban J connectivity index is 1.81. The van der Waals surface area contributed by atoms with Gasteiger partial charge in [-0.05, 0) is 56.1 Å². The molecule has 0 unspecified atom stereocenters. The lowest BCUT2D eigenvalue weighted by atomic mass is 9.78. The molecular formula is C19H31N. The lowest BCUT2D eigenvalue weighted by molar-refractivity contribution is 0.305. The van der Waals surface area contributed by atoms with Crippen LogP contribution < -0.4 is 0 Å². The third-order valence-electron chi connectivity index (χ3n) is 4.88. The van der Waals surface area contributed by atoms with Crippen molar-refractivity contribution >= 4 is 0 Å². The van der Waals surface area contributed by atoms with Crippen molar-refractivity contribution in [3.8, 4) is 0 Å². The summed E-state index contributed by atoms with van der Waals surface area (Å²) in [6.07, 6.45) is 15.6. The fourth-order valence-electron chi connectivity index (χ4n) is 3.56. The van der Waals surface area contributed by atoms with Crippen LogP contribution in [0.2, 0.25) is 0 Å². The second-order valence-electron chi connectivity index (χ2n) is 6.55. The Labute approximate surface area is 125 Å². The third kappa shape index (κ3) is 4.61. The van der Waals surface area contributed by atoms with Crippen LogP contribution >= 0.6 is 0 Å². The van der Waals surface area contributed by atoms with Crippen molar-refractivity contribution in [2.24, 2.45) is 5.92 Å². The van der Waals surface area contributed by atoms with Gasteiger partial charge in [0.05, 0.1) is 0 Å². The van der Waals surface area contributed by atoms with Crippen LogP contribution in [0.1, 0.15) is 88.8 Å². The van der Waals surface area contributed by atoms with Gasteiger partial charge in [0, 0.05) is 17.8 Å². The van der Waals surface area contributed by atoms with Gasteiger partial charge in [-0.3, -0.25) is 4.98 Å². The largest absolute Gasteiger partial charge is 0.261 e. The first-order chi connectivity index (χ1) is 9.83. The lowest BCUT2D eigenvalue weighted by Gasteiger charge is -2.28. The zero-order valence-electron chi connectivity index (χ0n) is 13.4. The molecule has 1 nitrogen and oxygen atoms in total. The van der Waals surface area contributed by atoms with Gasteiger partial charge in [0.25, 0.3) is 0 Å². The molecular weight excluding hydrogens is 242 g/mol. The number of unbranched alkanes of at least 4 members (excludes halogenated alkanes) is 2. The number of aromatic nitrogens is 1. The Morgan fingerprint density at radius 3 is 2.40 bits per heavy atom. The van der Waals surface area contributed by atoms with Gasteiger partial charge in [0.15, 0.2) is 0 Å². The second kappa shape index (κ2) is 8.44. The molecule has 112 valence electrons. The van der Waals surface area contributed by atoms with Crippen LogP contribution in [0.15, 0.2) is 18.3 Å². The van der Waals surface area contributed by atoms with Gasteiger partial charge >= 0.3 is 0 Å². The minimum atomic E-state index is 0.729. The van der Waals surface area contributed by atoms with Crippen LogP contribution in [0.5, 0.6) is 0 Å². The molecule has 0 atom stereocenters.